The van der Waals surface area contributed by atoms with Crippen LogP contribution < -0.4 is 10.2 Å². The van der Waals surface area contributed by atoms with Gasteiger partial charge in [0.05, 0.1) is 20.3 Å². The highest BCUT2D eigenvalue weighted by molar-refractivity contribution is 5.65. The van der Waals surface area contributed by atoms with E-state index in [1.807, 2.05) is 30.3 Å². The summed E-state index contributed by atoms with van der Waals surface area (Å²) in [5.74, 6) is 0.823. The number of para-hydroxylation sites is 1. The molecule has 5 nitrogen and oxygen atoms in total. The highest BCUT2D eigenvalue weighted by Gasteiger charge is 1.97. The largest absolute Gasteiger partial charge is 0.494 e. The van der Waals surface area contributed by atoms with Crippen molar-refractivity contribution in [2.45, 2.75) is 6.42 Å². The molecule has 0 aliphatic carbocycles. The first-order valence-corrected chi connectivity index (χ1v) is 4.96. The molecule has 0 aromatic heterocycles. The summed E-state index contributed by atoms with van der Waals surface area (Å²) in [6.07, 6.45) is 0.0720. The van der Waals surface area contributed by atoms with Crippen LogP contribution in [0.4, 0.5) is 4.79 Å². The molecule has 0 bridgehead atoms. The lowest BCUT2D eigenvalue weighted by atomic mass is 10.3. The molecule has 1 amide bonds. The normalized spacial score (nSPS) is 9.56. The van der Waals surface area contributed by atoms with Gasteiger partial charge in [0.15, 0.2) is 0 Å². The molecular weight excluding hydrogens is 210 g/mol. The Kier molecular flexibility index (Phi) is 5.80. The van der Waals surface area contributed by atoms with Crippen LogP contribution >= 0.6 is 0 Å². The first-order valence-electron chi connectivity index (χ1n) is 4.96. The van der Waals surface area contributed by atoms with Crippen LogP contribution in [0.15, 0.2) is 30.3 Å². The maximum absolute atomic E-state index is 10.6. The smallest absolute Gasteiger partial charge is 0.431 e. The number of hydrogen-bond donors (Lipinski definition) is 1. The van der Waals surface area contributed by atoms with Crippen molar-refractivity contribution in [2.24, 2.45) is 0 Å². The zero-order valence-electron chi connectivity index (χ0n) is 9.14. The van der Waals surface area contributed by atoms with Crippen molar-refractivity contribution >= 4 is 6.09 Å². The lowest BCUT2D eigenvalue weighted by molar-refractivity contribution is 0.0297. The molecule has 88 valence electrons. The molecule has 0 aliphatic rings. The maximum atomic E-state index is 10.6. The molecule has 5 heteroatoms. The summed E-state index contributed by atoms with van der Waals surface area (Å²) in [5.41, 5.74) is 2.11. The van der Waals surface area contributed by atoms with E-state index < -0.39 is 6.09 Å². The molecule has 0 saturated carbocycles. The van der Waals surface area contributed by atoms with Crippen LogP contribution in [0.25, 0.3) is 0 Å². The Morgan fingerprint density at radius 2 is 2.00 bits per heavy atom. The van der Waals surface area contributed by atoms with Gasteiger partial charge in [-0.05, 0) is 12.1 Å². The van der Waals surface area contributed by atoms with E-state index in [1.54, 1.807) is 0 Å². The van der Waals surface area contributed by atoms with E-state index in [9.17, 15) is 4.79 Å². The fraction of sp³-hybridized carbons (Fsp3) is 0.364. The minimum absolute atomic E-state index is 0.377. The Morgan fingerprint density at radius 3 is 2.69 bits per heavy atom. The van der Waals surface area contributed by atoms with Crippen molar-refractivity contribution in [1.82, 2.24) is 5.48 Å². The second-order valence-corrected chi connectivity index (χ2v) is 2.96. The van der Waals surface area contributed by atoms with Crippen LogP contribution in [-0.2, 0) is 9.57 Å². The van der Waals surface area contributed by atoms with Crippen molar-refractivity contribution in [3.8, 4) is 5.75 Å². The van der Waals surface area contributed by atoms with E-state index in [4.69, 9.17) is 9.57 Å². The third-order valence-electron chi connectivity index (χ3n) is 1.74. The Hall–Kier alpha value is -1.75. The molecule has 1 aromatic rings. The summed E-state index contributed by atoms with van der Waals surface area (Å²) in [5, 5.41) is 0. The van der Waals surface area contributed by atoms with Crippen molar-refractivity contribution < 1.29 is 19.1 Å². The van der Waals surface area contributed by atoms with Crippen molar-refractivity contribution in [3.63, 3.8) is 0 Å². The van der Waals surface area contributed by atoms with Gasteiger partial charge in [0.25, 0.3) is 0 Å². The topological polar surface area (TPSA) is 56.8 Å². The van der Waals surface area contributed by atoms with Crippen LogP contribution in [0, 0.1) is 0 Å². The van der Waals surface area contributed by atoms with Crippen molar-refractivity contribution in [1.29, 1.82) is 0 Å². The number of carbonyl (C=O) groups is 1. The Bertz CT molecular complexity index is 302. The monoisotopic (exact) mass is 225 g/mol. The zero-order chi connectivity index (χ0) is 11.6. The van der Waals surface area contributed by atoms with Gasteiger partial charge in [-0.1, -0.05) is 18.2 Å². The number of hydrogen-bond acceptors (Lipinski definition) is 4. The average molecular weight is 225 g/mol. The molecule has 0 unspecified atom stereocenters. The minimum atomic E-state index is -0.607. The van der Waals surface area contributed by atoms with Gasteiger partial charge < -0.3 is 9.47 Å². The number of benzene rings is 1. The zero-order valence-corrected chi connectivity index (χ0v) is 9.14. The summed E-state index contributed by atoms with van der Waals surface area (Å²) < 4.78 is 9.74. The van der Waals surface area contributed by atoms with Gasteiger partial charge in [0.1, 0.15) is 5.75 Å². The van der Waals surface area contributed by atoms with E-state index in [0.29, 0.717) is 19.6 Å². The number of nitrogens with one attached hydrogen (secondary N) is 1. The highest BCUT2D eigenvalue weighted by Crippen LogP contribution is 2.08. The lowest BCUT2D eigenvalue weighted by Crippen LogP contribution is -2.24. The molecule has 0 saturated heterocycles. The lowest BCUT2D eigenvalue weighted by Gasteiger charge is -2.06. The second kappa shape index (κ2) is 7.53. The second-order valence-electron chi connectivity index (χ2n) is 2.96. The van der Waals surface area contributed by atoms with E-state index in [1.165, 1.54) is 7.11 Å². The van der Waals surface area contributed by atoms with Crippen LogP contribution in [0.3, 0.4) is 0 Å². The fourth-order valence-electron chi connectivity index (χ4n) is 0.989. The molecule has 16 heavy (non-hydrogen) atoms. The first-order chi connectivity index (χ1) is 7.83. The molecule has 0 heterocycles. The van der Waals surface area contributed by atoms with Crippen LogP contribution in [0.5, 0.6) is 5.75 Å². The Balaban J connectivity index is 1.98. The molecule has 0 aliphatic heterocycles. The quantitative estimate of drug-likeness (QED) is 0.592. The summed E-state index contributed by atoms with van der Waals surface area (Å²) in [6.45, 7) is 0.912. The van der Waals surface area contributed by atoms with Crippen LogP contribution in [0.2, 0.25) is 0 Å². The Morgan fingerprint density at radius 1 is 1.25 bits per heavy atom. The highest BCUT2D eigenvalue weighted by atomic mass is 16.7. The SMILES string of the molecule is COC(=O)NOCCCOc1ccccc1. The van der Waals surface area contributed by atoms with Gasteiger partial charge in [-0.25, -0.2) is 4.79 Å². The van der Waals surface area contributed by atoms with Gasteiger partial charge in [-0.3, -0.25) is 4.84 Å². The summed E-state index contributed by atoms with van der Waals surface area (Å²) in [4.78, 5) is 15.4. The number of ether oxygens (including phenoxy) is 2. The van der Waals surface area contributed by atoms with Gasteiger partial charge >= 0.3 is 6.09 Å². The van der Waals surface area contributed by atoms with Gasteiger partial charge in [-0.15, -0.1) is 0 Å². The number of methoxy groups -OCH3 is 1. The molecule has 1 aromatic carbocycles. The van der Waals surface area contributed by atoms with E-state index >= 15 is 0 Å². The van der Waals surface area contributed by atoms with Crippen LogP contribution in [-0.4, -0.2) is 26.4 Å². The predicted octanol–water partition coefficient (Wildman–Crippen LogP) is 1.74. The average Bonchev–Trinajstić information content (AvgIpc) is 2.34. The summed E-state index contributed by atoms with van der Waals surface area (Å²) in [6, 6.07) is 9.51. The maximum Gasteiger partial charge on any atom is 0.431 e. The number of carbonyl (C=O) groups excluding carboxylic acids is 1. The van der Waals surface area contributed by atoms with Gasteiger partial charge in [0.2, 0.25) is 0 Å². The van der Waals surface area contributed by atoms with Gasteiger partial charge in [-0.2, -0.15) is 5.48 Å². The van der Waals surface area contributed by atoms with E-state index in [-0.39, 0.29) is 0 Å². The standard InChI is InChI=1S/C11H15NO4/c1-14-11(13)12-16-9-5-8-15-10-6-3-2-4-7-10/h2-4,6-7H,5,8-9H2,1H3,(H,12,13). The molecule has 0 radical (unpaired) electrons. The van der Waals surface area contributed by atoms with Gasteiger partial charge in [0, 0.05) is 6.42 Å². The molecule has 0 fully saturated rings. The van der Waals surface area contributed by atoms with Crippen molar-refractivity contribution in [3.05, 3.63) is 30.3 Å². The minimum Gasteiger partial charge on any atom is -0.494 e. The first kappa shape index (κ1) is 12.3. The Labute approximate surface area is 94.3 Å². The van der Waals surface area contributed by atoms with Crippen molar-refractivity contribution in [2.75, 3.05) is 20.3 Å². The predicted molar refractivity (Wildman–Crippen MR) is 58.0 cm³/mol. The van der Waals surface area contributed by atoms with Crippen LogP contribution in [0.1, 0.15) is 6.42 Å². The molecule has 0 atom stereocenters. The number of amides is 1. The summed E-state index contributed by atoms with van der Waals surface area (Å²) in [7, 11) is 1.28. The number of hydroxylamine groups is 1. The third kappa shape index (κ3) is 5.21. The van der Waals surface area contributed by atoms with E-state index in [0.717, 1.165) is 5.75 Å². The molecular formula is C11H15NO4. The molecule has 1 rings (SSSR count). The third-order valence-corrected chi connectivity index (χ3v) is 1.74. The molecule has 0 spiro atoms. The fourth-order valence-corrected chi connectivity index (χ4v) is 0.989. The molecule has 1 N–H and O–H groups in total. The number of rotatable bonds is 6. The summed E-state index contributed by atoms with van der Waals surface area (Å²) >= 11 is 0. The van der Waals surface area contributed by atoms with E-state index in [2.05, 4.69) is 10.2 Å².